The van der Waals surface area contributed by atoms with Crippen molar-refractivity contribution in [2.45, 2.75) is 64.7 Å². The minimum atomic E-state index is 0.426. The van der Waals surface area contributed by atoms with Crippen molar-refractivity contribution in [2.75, 3.05) is 52.4 Å². The van der Waals surface area contributed by atoms with Crippen LogP contribution in [-0.4, -0.2) is 64.3 Å². The van der Waals surface area contributed by atoms with Crippen LogP contribution in [0.2, 0.25) is 0 Å². The normalized spacial score (nSPS) is 13.1. The van der Waals surface area contributed by atoms with Crippen LogP contribution < -0.4 is 31.9 Å². The molecule has 0 saturated heterocycles. The first-order valence-electron chi connectivity index (χ1n) is 11.8. The van der Waals surface area contributed by atoms with Crippen LogP contribution in [0.25, 0.3) is 0 Å². The first-order valence-corrected chi connectivity index (χ1v) is 11.8. The van der Waals surface area contributed by atoms with Crippen molar-refractivity contribution >= 4 is 11.9 Å². The van der Waals surface area contributed by atoms with Crippen LogP contribution >= 0.6 is 0 Å². The molecule has 0 radical (unpaired) electrons. The Morgan fingerprint density at radius 3 is 1.62 bits per heavy atom. The van der Waals surface area contributed by atoms with E-state index in [1.807, 2.05) is 6.92 Å². The summed E-state index contributed by atoms with van der Waals surface area (Å²) in [6.45, 7) is 9.70. The summed E-state index contributed by atoms with van der Waals surface area (Å²) in [5.74, 6) is 1.72. The van der Waals surface area contributed by atoms with Crippen LogP contribution in [0.3, 0.4) is 0 Å². The van der Waals surface area contributed by atoms with Gasteiger partial charge in [-0.1, -0.05) is 19.3 Å². The highest BCUT2D eigenvalue weighted by molar-refractivity contribution is 5.76. The lowest BCUT2D eigenvalue weighted by Crippen LogP contribution is -2.38. The highest BCUT2D eigenvalue weighted by Gasteiger charge is 2.20. The van der Waals surface area contributed by atoms with Crippen molar-refractivity contribution < 1.29 is 0 Å². The Morgan fingerprint density at radius 2 is 1.10 bits per heavy atom. The molecule has 0 aromatic rings. The van der Waals surface area contributed by atoms with E-state index < -0.39 is 0 Å². The van der Waals surface area contributed by atoms with E-state index >= 15 is 0 Å². The molecule has 0 amide bonds. The molecular formula is C21H46N8. The minimum absolute atomic E-state index is 0.426. The maximum Gasteiger partial charge on any atom is 0.188 e. The number of rotatable bonds is 19. The van der Waals surface area contributed by atoms with Crippen LogP contribution in [-0.2, 0) is 0 Å². The second-order valence-corrected chi connectivity index (χ2v) is 7.93. The molecule has 1 fully saturated rings. The predicted molar refractivity (Wildman–Crippen MR) is 124 cm³/mol. The number of nitrogens with one attached hydrogen (secondary N) is 8. The zero-order valence-electron chi connectivity index (χ0n) is 18.6. The SMILES string of the molecule is CCNC(=N)NCCCNCCCCCCCNCCCNC(=N)NCC1CC1. The Hall–Kier alpha value is -1.54. The van der Waals surface area contributed by atoms with E-state index in [9.17, 15) is 0 Å². The lowest BCUT2D eigenvalue weighted by molar-refractivity contribution is 0.546. The number of hydrogen-bond acceptors (Lipinski definition) is 4. The van der Waals surface area contributed by atoms with Gasteiger partial charge in [-0.25, -0.2) is 0 Å². The smallest absolute Gasteiger partial charge is 0.188 e. The van der Waals surface area contributed by atoms with Gasteiger partial charge in [-0.15, -0.1) is 0 Å². The molecule has 1 saturated carbocycles. The van der Waals surface area contributed by atoms with E-state index in [1.54, 1.807) is 0 Å². The maximum atomic E-state index is 7.76. The van der Waals surface area contributed by atoms with Gasteiger partial charge in [0.2, 0.25) is 0 Å². The molecule has 1 aliphatic rings. The van der Waals surface area contributed by atoms with Crippen molar-refractivity contribution in [3.63, 3.8) is 0 Å². The van der Waals surface area contributed by atoms with Crippen molar-refractivity contribution in [3.05, 3.63) is 0 Å². The highest BCUT2D eigenvalue weighted by atomic mass is 15.1. The summed E-state index contributed by atoms with van der Waals surface area (Å²) in [7, 11) is 0. The molecule has 8 N–H and O–H groups in total. The summed E-state index contributed by atoms with van der Waals surface area (Å²) >= 11 is 0. The zero-order valence-corrected chi connectivity index (χ0v) is 18.6. The molecule has 0 bridgehead atoms. The van der Waals surface area contributed by atoms with E-state index in [0.717, 1.165) is 71.1 Å². The van der Waals surface area contributed by atoms with Crippen molar-refractivity contribution in [2.24, 2.45) is 5.92 Å². The van der Waals surface area contributed by atoms with E-state index in [4.69, 9.17) is 10.8 Å². The summed E-state index contributed by atoms with van der Waals surface area (Å²) in [6.07, 6.45) is 11.2. The van der Waals surface area contributed by atoms with Gasteiger partial charge in [0.05, 0.1) is 0 Å². The topological polar surface area (TPSA) is 120 Å². The van der Waals surface area contributed by atoms with E-state index in [-0.39, 0.29) is 0 Å². The number of hydrogen-bond donors (Lipinski definition) is 8. The lowest BCUT2D eigenvalue weighted by Gasteiger charge is -2.10. The van der Waals surface area contributed by atoms with Gasteiger partial charge in [0.1, 0.15) is 0 Å². The Balaban J connectivity index is 1.66. The third-order valence-electron chi connectivity index (χ3n) is 4.99. The third-order valence-corrected chi connectivity index (χ3v) is 4.99. The Morgan fingerprint density at radius 1 is 0.621 bits per heavy atom. The average Bonchev–Trinajstić information content (AvgIpc) is 3.53. The van der Waals surface area contributed by atoms with Crippen LogP contribution in [0, 0.1) is 16.7 Å². The molecule has 0 heterocycles. The Bertz CT molecular complexity index is 411. The van der Waals surface area contributed by atoms with Crippen LogP contribution in [0.15, 0.2) is 0 Å². The molecule has 170 valence electrons. The summed E-state index contributed by atoms with van der Waals surface area (Å²) in [4.78, 5) is 0. The van der Waals surface area contributed by atoms with Crippen molar-refractivity contribution in [3.8, 4) is 0 Å². The molecule has 0 atom stereocenters. The molecular weight excluding hydrogens is 364 g/mol. The number of guanidine groups is 2. The number of unbranched alkanes of at least 4 members (excludes halogenated alkanes) is 4. The first-order chi connectivity index (χ1) is 14.2. The van der Waals surface area contributed by atoms with Gasteiger partial charge in [0.25, 0.3) is 0 Å². The van der Waals surface area contributed by atoms with Crippen LogP contribution in [0.4, 0.5) is 0 Å². The Kier molecular flexibility index (Phi) is 16.3. The van der Waals surface area contributed by atoms with E-state index in [2.05, 4.69) is 31.9 Å². The van der Waals surface area contributed by atoms with Gasteiger partial charge in [0, 0.05) is 26.2 Å². The first kappa shape index (κ1) is 25.5. The third kappa shape index (κ3) is 18.2. The van der Waals surface area contributed by atoms with Gasteiger partial charge >= 0.3 is 0 Å². The summed E-state index contributed by atoms with van der Waals surface area (Å²) in [5, 5.41) is 34.6. The monoisotopic (exact) mass is 410 g/mol. The molecule has 8 nitrogen and oxygen atoms in total. The van der Waals surface area contributed by atoms with Crippen molar-refractivity contribution in [1.29, 1.82) is 10.8 Å². The second kappa shape index (κ2) is 18.5. The predicted octanol–water partition coefficient (Wildman–Crippen LogP) is 1.55. The fraction of sp³-hybridized carbons (Fsp3) is 0.905. The molecule has 8 heteroatoms. The molecule has 0 aromatic heterocycles. The molecule has 0 aromatic carbocycles. The quantitative estimate of drug-likeness (QED) is 0.0930. The molecule has 0 spiro atoms. The van der Waals surface area contributed by atoms with E-state index in [0.29, 0.717) is 11.9 Å². The molecule has 0 aliphatic heterocycles. The summed E-state index contributed by atoms with van der Waals surface area (Å²) in [5.41, 5.74) is 0. The van der Waals surface area contributed by atoms with Gasteiger partial charge in [-0.3, -0.25) is 10.8 Å². The van der Waals surface area contributed by atoms with Crippen LogP contribution in [0.5, 0.6) is 0 Å². The van der Waals surface area contributed by atoms with E-state index in [1.165, 1.54) is 44.9 Å². The molecule has 0 unspecified atom stereocenters. The van der Waals surface area contributed by atoms with Crippen LogP contribution in [0.1, 0.15) is 64.7 Å². The average molecular weight is 411 g/mol. The standard InChI is InChI=1S/C21H46N8/c1-2-26-20(22)27-16-8-14-24-12-6-4-3-5-7-13-25-15-9-17-28-21(23)29-18-19-10-11-19/h19,24-25H,2-18H2,1H3,(H3,22,26,27)(H3,23,28,29). The minimum Gasteiger partial charge on any atom is -0.357 e. The largest absolute Gasteiger partial charge is 0.357 e. The van der Waals surface area contributed by atoms with Gasteiger partial charge in [-0.2, -0.15) is 0 Å². The lowest BCUT2D eigenvalue weighted by atomic mass is 10.1. The van der Waals surface area contributed by atoms with Gasteiger partial charge in [0.15, 0.2) is 11.9 Å². The van der Waals surface area contributed by atoms with Gasteiger partial charge < -0.3 is 31.9 Å². The second-order valence-electron chi connectivity index (χ2n) is 7.93. The summed E-state index contributed by atoms with van der Waals surface area (Å²) in [6, 6.07) is 0. The zero-order chi connectivity index (χ0) is 21.0. The maximum absolute atomic E-state index is 7.76. The summed E-state index contributed by atoms with van der Waals surface area (Å²) < 4.78 is 0. The molecule has 29 heavy (non-hydrogen) atoms. The fourth-order valence-corrected chi connectivity index (χ4v) is 3.00. The fourth-order valence-electron chi connectivity index (χ4n) is 3.00. The molecule has 1 rings (SSSR count). The highest BCUT2D eigenvalue weighted by Crippen LogP contribution is 2.27. The van der Waals surface area contributed by atoms with Crippen molar-refractivity contribution in [1.82, 2.24) is 31.9 Å². The van der Waals surface area contributed by atoms with Gasteiger partial charge in [-0.05, 0) is 77.5 Å². The molecule has 1 aliphatic carbocycles. The Labute approximate surface area is 178 Å².